The highest BCUT2D eigenvalue weighted by atomic mass is 16.4. The Balaban J connectivity index is 2.99. The van der Waals surface area contributed by atoms with Gasteiger partial charge >= 0.3 is 5.63 Å². The molecule has 1 heterocycles. The van der Waals surface area contributed by atoms with Crippen LogP contribution in [-0.4, -0.2) is 0 Å². The Hall–Kier alpha value is -1.57. The van der Waals surface area contributed by atoms with Crippen LogP contribution in [0.15, 0.2) is 39.5 Å². The van der Waals surface area contributed by atoms with Crippen LogP contribution in [-0.2, 0) is 0 Å². The monoisotopic (exact) mass is 159 g/mol. The molecule has 2 rings (SSSR count). The van der Waals surface area contributed by atoms with Crippen LogP contribution in [0.4, 0.5) is 0 Å². The molecule has 59 valence electrons. The molecule has 1 radical (unpaired) electrons. The lowest BCUT2D eigenvalue weighted by Crippen LogP contribution is -1.99. The van der Waals surface area contributed by atoms with Gasteiger partial charge in [0.25, 0.3) is 0 Å². The molecule has 0 saturated carbocycles. The van der Waals surface area contributed by atoms with Crippen molar-refractivity contribution < 1.29 is 4.42 Å². The average Bonchev–Trinajstić information content (AvgIpc) is 2.04. The third-order valence-electron chi connectivity index (χ3n) is 1.72. The molecule has 2 nitrogen and oxygen atoms in total. The number of fused-ring (bicyclic) bond motifs is 1. The van der Waals surface area contributed by atoms with Gasteiger partial charge in [-0.15, -0.1) is 0 Å². The summed E-state index contributed by atoms with van der Waals surface area (Å²) < 4.78 is 4.82. The van der Waals surface area contributed by atoms with Gasteiger partial charge in [-0.05, 0) is 17.5 Å². The molecule has 0 aliphatic carbocycles. The predicted octanol–water partition coefficient (Wildman–Crippen LogP) is 1.98. The maximum Gasteiger partial charge on any atom is 0.343 e. The number of benzene rings is 1. The van der Waals surface area contributed by atoms with Crippen molar-refractivity contribution in [1.29, 1.82) is 0 Å². The standard InChI is InChI=1S/C10H7O2/c1-7-6-8-4-2-3-5-9(8)10(11)12-7/h2-6H,1H2. The Bertz CT molecular complexity index is 468. The minimum Gasteiger partial charge on any atom is -0.427 e. The Kier molecular flexibility index (Phi) is 1.47. The molecule has 0 atom stereocenters. The van der Waals surface area contributed by atoms with E-state index in [0.29, 0.717) is 11.1 Å². The quantitative estimate of drug-likeness (QED) is 0.588. The van der Waals surface area contributed by atoms with Crippen molar-refractivity contribution in [2.75, 3.05) is 0 Å². The Labute approximate surface area is 69.4 Å². The van der Waals surface area contributed by atoms with Crippen molar-refractivity contribution in [2.24, 2.45) is 0 Å². The summed E-state index contributed by atoms with van der Waals surface area (Å²) in [5.41, 5.74) is -0.321. The molecule has 0 aliphatic rings. The summed E-state index contributed by atoms with van der Waals surface area (Å²) in [6, 6.07) is 9.03. The molecule has 0 amide bonds. The van der Waals surface area contributed by atoms with Crippen molar-refractivity contribution in [3.8, 4) is 0 Å². The molecule has 0 fully saturated rings. The van der Waals surface area contributed by atoms with Crippen LogP contribution in [0.5, 0.6) is 0 Å². The van der Waals surface area contributed by atoms with Gasteiger partial charge in [-0.25, -0.2) is 4.79 Å². The number of hydrogen-bond acceptors (Lipinski definition) is 2. The SMILES string of the molecule is [CH2]c1cc2ccccc2c(=O)o1. The Morgan fingerprint density at radius 2 is 2.00 bits per heavy atom. The molecule has 2 heteroatoms. The van der Waals surface area contributed by atoms with E-state index in [2.05, 4.69) is 6.92 Å². The highest BCUT2D eigenvalue weighted by molar-refractivity contribution is 5.81. The van der Waals surface area contributed by atoms with Crippen molar-refractivity contribution in [3.05, 3.63) is 53.4 Å². The van der Waals surface area contributed by atoms with E-state index in [1.54, 1.807) is 12.1 Å². The average molecular weight is 159 g/mol. The zero-order valence-corrected chi connectivity index (χ0v) is 6.41. The van der Waals surface area contributed by atoms with Crippen LogP contribution in [0.2, 0.25) is 0 Å². The highest BCUT2D eigenvalue weighted by Crippen LogP contribution is 2.10. The molecular weight excluding hydrogens is 152 g/mol. The summed E-state index contributed by atoms with van der Waals surface area (Å²) in [7, 11) is 0. The molecule has 0 spiro atoms. The summed E-state index contributed by atoms with van der Waals surface area (Å²) in [5, 5.41) is 1.48. The van der Waals surface area contributed by atoms with E-state index < -0.39 is 0 Å². The second-order valence-corrected chi connectivity index (χ2v) is 2.59. The van der Waals surface area contributed by atoms with E-state index in [1.807, 2.05) is 18.2 Å². The fourth-order valence-corrected chi connectivity index (χ4v) is 1.19. The zero-order chi connectivity index (χ0) is 8.55. The molecule has 0 aliphatic heterocycles. The molecule has 1 aromatic carbocycles. The minimum atomic E-state index is -0.321. The smallest absolute Gasteiger partial charge is 0.343 e. The summed E-state index contributed by atoms with van der Waals surface area (Å²) in [6.07, 6.45) is 0. The molecule has 0 unspecified atom stereocenters. The first kappa shape index (κ1) is 7.10. The van der Waals surface area contributed by atoms with Crippen LogP contribution < -0.4 is 5.63 Å². The van der Waals surface area contributed by atoms with Gasteiger partial charge < -0.3 is 4.42 Å². The number of rotatable bonds is 0. The summed E-state index contributed by atoms with van der Waals surface area (Å²) in [5.74, 6) is 0.402. The topological polar surface area (TPSA) is 30.2 Å². The lowest BCUT2D eigenvalue weighted by Gasteiger charge is -1.95. The van der Waals surface area contributed by atoms with E-state index in [4.69, 9.17) is 4.42 Å². The maximum absolute atomic E-state index is 11.2. The Morgan fingerprint density at radius 1 is 1.25 bits per heavy atom. The van der Waals surface area contributed by atoms with E-state index >= 15 is 0 Å². The van der Waals surface area contributed by atoms with Gasteiger partial charge in [-0.1, -0.05) is 18.2 Å². The van der Waals surface area contributed by atoms with Gasteiger partial charge in [0.15, 0.2) is 0 Å². The van der Waals surface area contributed by atoms with Gasteiger partial charge in [-0.3, -0.25) is 0 Å². The lowest BCUT2D eigenvalue weighted by atomic mass is 10.2. The number of hydrogen-bond donors (Lipinski definition) is 0. The predicted molar refractivity (Wildman–Crippen MR) is 46.9 cm³/mol. The van der Waals surface area contributed by atoms with Gasteiger partial charge in [0, 0.05) is 6.92 Å². The zero-order valence-electron chi connectivity index (χ0n) is 6.41. The van der Waals surface area contributed by atoms with Crippen LogP contribution in [0.1, 0.15) is 5.76 Å². The van der Waals surface area contributed by atoms with E-state index in [9.17, 15) is 4.79 Å². The van der Waals surface area contributed by atoms with Crippen LogP contribution in [0.25, 0.3) is 10.8 Å². The van der Waals surface area contributed by atoms with Gasteiger partial charge in [0.2, 0.25) is 0 Å². The molecule has 0 bridgehead atoms. The van der Waals surface area contributed by atoms with Crippen molar-refractivity contribution >= 4 is 10.8 Å². The minimum absolute atomic E-state index is 0.321. The van der Waals surface area contributed by atoms with Gasteiger partial charge in [0.05, 0.1) is 5.39 Å². The van der Waals surface area contributed by atoms with Crippen molar-refractivity contribution in [3.63, 3.8) is 0 Å². The third kappa shape index (κ3) is 1.01. The molecular formula is C10H7O2. The van der Waals surface area contributed by atoms with E-state index in [0.717, 1.165) is 5.39 Å². The second kappa shape index (κ2) is 2.48. The first-order chi connectivity index (χ1) is 5.77. The molecule has 0 N–H and O–H groups in total. The second-order valence-electron chi connectivity index (χ2n) is 2.59. The highest BCUT2D eigenvalue weighted by Gasteiger charge is 1.98. The maximum atomic E-state index is 11.2. The van der Waals surface area contributed by atoms with Crippen LogP contribution in [0.3, 0.4) is 0 Å². The summed E-state index contributed by atoms with van der Waals surface area (Å²) >= 11 is 0. The first-order valence-corrected chi connectivity index (χ1v) is 3.62. The summed E-state index contributed by atoms with van der Waals surface area (Å²) in [4.78, 5) is 11.2. The molecule has 2 aromatic rings. The van der Waals surface area contributed by atoms with E-state index in [1.165, 1.54) is 0 Å². The Morgan fingerprint density at radius 3 is 2.83 bits per heavy atom. The lowest BCUT2D eigenvalue weighted by molar-refractivity contribution is 0.502. The largest absolute Gasteiger partial charge is 0.427 e. The fraction of sp³-hybridized carbons (Fsp3) is 0. The van der Waals surface area contributed by atoms with E-state index in [-0.39, 0.29) is 5.63 Å². The van der Waals surface area contributed by atoms with Crippen molar-refractivity contribution in [1.82, 2.24) is 0 Å². The normalized spacial score (nSPS) is 10.4. The van der Waals surface area contributed by atoms with Crippen LogP contribution in [0, 0.1) is 6.92 Å². The molecule has 12 heavy (non-hydrogen) atoms. The summed E-state index contributed by atoms with van der Waals surface area (Å²) in [6.45, 7) is 3.56. The van der Waals surface area contributed by atoms with Crippen LogP contribution >= 0.6 is 0 Å². The first-order valence-electron chi connectivity index (χ1n) is 3.62. The molecule has 0 saturated heterocycles. The fourth-order valence-electron chi connectivity index (χ4n) is 1.19. The van der Waals surface area contributed by atoms with Gasteiger partial charge in [-0.2, -0.15) is 0 Å². The third-order valence-corrected chi connectivity index (χ3v) is 1.72. The molecule has 1 aromatic heterocycles. The van der Waals surface area contributed by atoms with Gasteiger partial charge in [0.1, 0.15) is 5.76 Å². The van der Waals surface area contributed by atoms with Crippen molar-refractivity contribution in [2.45, 2.75) is 0 Å².